The van der Waals surface area contributed by atoms with E-state index >= 15 is 0 Å². The number of ether oxygens (including phenoxy) is 1. The van der Waals surface area contributed by atoms with Crippen LogP contribution in [0.2, 0.25) is 0 Å². The van der Waals surface area contributed by atoms with E-state index in [2.05, 4.69) is 44.4 Å². The molecule has 0 aromatic heterocycles. The minimum Gasteiger partial charge on any atom is -0.380 e. The lowest BCUT2D eigenvalue weighted by Gasteiger charge is -2.54. The average molecular weight is 349 g/mol. The van der Waals surface area contributed by atoms with Gasteiger partial charge in [-0.2, -0.15) is 0 Å². The molecule has 0 aromatic rings. The Morgan fingerprint density at radius 3 is 1.88 bits per heavy atom. The molecule has 1 saturated carbocycles. The number of piperidine rings is 1. The summed E-state index contributed by atoms with van der Waals surface area (Å²) in [5.41, 5.74) is 1.96. The molecule has 25 heavy (non-hydrogen) atoms. The van der Waals surface area contributed by atoms with Crippen molar-refractivity contribution < 1.29 is 4.74 Å². The summed E-state index contributed by atoms with van der Waals surface area (Å²) in [6.07, 6.45) is 8.50. The molecule has 0 aromatic carbocycles. The second-order valence-electron chi connectivity index (χ2n) is 11.6. The lowest BCUT2D eigenvalue weighted by Crippen LogP contribution is -2.57. The van der Waals surface area contributed by atoms with Crippen molar-refractivity contribution in [2.75, 3.05) is 39.4 Å². The van der Waals surface area contributed by atoms with Gasteiger partial charge in [0.1, 0.15) is 0 Å². The number of nitrogens with zero attached hydrogens (tertiary/aromatic N) is 2. The molecule has 144 valence electrons. The fourth-order valence-electron chi connectivity index (χ4n) is 6.25. The van der Waals surface area contributed by atoms with Gasteiger partial charge in [-0.1, -0.05) is 0 Å². The molecule has 3 heteroatoms. The third kappa shape index (κ3) is 3.41. The average Bonchev–Trinajstić information content (AvgIpc) is 2.90. The summed E-state index contributed by atoms with van der Waals surface area (Å²) < 4.78 is 5.49. The standard InChI is InChI=1S/C22H40N2O/c1-19(2,3)24-11-8-22(15-24)13-18(14-22)12-20(4,5)23-9-6-21(7-10-23)16-25-17-21/h18H,6-17H2,1-5H3. The van der Waals surface area contributed by atoms with Crippen LogP contribution in [0.5, 0.6) is 0 Å². The number of likely N-dealkylation sites (tertiary alicyclic amines) is 2. The highest BCUT2D eigenvalue weighted by Gasteiger charge is 2.51. The van der Waals surface area contributed by atoms with E-state index in [9.17, 15) is 0 Å². The molecule has 0 bridgehead atoms. The van der Waals surface area contributed by atoms with E-state index in [4.69, 9.17) is 4.74 Å². The summed E-state index contributed by atoms with van der Waals surface area (Å²) in [5, 5.41) is 0. The normalized spacial score (nSPS) is 36.6. The lowest BCUT2D eigenvalue weighted by molar-refractivity contribution is -0.148. The predicted molar refractivity (Wildman–Crippen MR) is 104 cm³/mol. The summed E-state index contributed by atoms with van der Waals surface area (Å²) in [7, 11) is 0. The predicted octanol–water partition coefficient (Wildman–Crippen LogP) is 4.17. The van der Waals surface area contributed by atoms with E-state index in [-0.39, 0.29) is 0 Å². The van der Waals surface area contributed by atoms with Gasteiger partial charge in [0.2, 0.25) is 0 Å². The maximum atomic E-state index is 5.49. The fraction of sp³-hybridized carbons (Fsp3) is 1.00. The van der Waals surface area contributed by atoms with E-state index in [1.54, 1.807) is 0 Å². The molecule has 4 aliphatic rings. The van der Waals surface area contributed by atoms with Crippen LogP contribution in [-0.2, 0) is 4.74 Å². The van der Waals surface area contributed by atoms with Crippen LogP contribution in [-0.4, -0.2) is 60.3 Å². The van der Waals surface area contributed by atoms with Crippen LogP contribution in [0.4, 0.5) is 0 Å². The summed E-state index contributed by atoms with van der Waals surface area (Å²) in [4.78, 5) is 5.51. The van der Waals surface area contributed by atoms with E-state index in [0.717, 1.165) is 19.1 Å². The summed E-state index contributed by atoms with van der Waals surface area (Å²) in [6, 6.07) is 0. The third-order valence-electron chi connectivity index (χ3n) is 8.12. The molecular weight excluding hydrogens is 308 g/mol. The van der Waals surface area contributed by atoms with Gasteiger partial charge in [0, 0.05) is 23.0 Å². The Kier molecular flexibility index (Phi) is 4.34. The van der Waals surface area contributed by atoms with Crippen molar-refractivity contribution in [1.82, 2.24) is 9.80 Å². The van der Waals surface area contributed by atoms with Crippen LogP contribution in [0.3, 0.4) is 0 Å². The molecule has 0 radical (unpaired) electrons. The van der Waals surface area contributed by atoms with Gasteiger partial charge in [0.05, 0.1) is 13.2 Å². The quantitative estimate of drug-likeness (QED) is 0.761. The molecule has 0 unspecified atom stereocenters. The number of hydrogen-bond donors (Lipinski definition) is 0. The van der Waals surface area contributed by atoms with Gasteiger partial charge < -0.3 is 4.74 Å². The zero-order chi connectivity index (χ0) is 17.9. The van der Waals surface area contributed by atoms with E-state index in [0.29, 0.717) is 21.9 Å². The van der Waals surface area contributed by atoms with Crippen molar-refractivity contribution in [3.63, 3.8) is 0 Å². The highest BCUT2D eigenvalue weighted by atomic mass is 16.5. The van der Waals surface area contributed by atoms with Crippen LogP contribution in [0, 0.1) is 16.7 Å². The molecule has 0 atom stereocenters. The molecule has 4 fully saturated rings. The SMILES string of the molecule is CC(C)(C)N1CCC2(CC(CC(C)(C)N3CCC4(CC3)COC4)C2)C1. The molecule has 0 amide bonds. The maximum Gasteiger partial charge on any atom is 0.0545 e. The first-order chi connectivity index (χ1) is 11.6. The van der Waals surface area contributed by atoms with Gasteiger partial charge >= 0.3 is 0 Å². The maximum absolute atomic E-state index is 5.49. The van der Waals surface area contributed by atoms with Crippen LogP contribution < -0.4 is 0 Å². The lowest BCUT2D eigenvalue weighted by atomic mass is 9.58. The number of hydrogen-bond acceptors (Lipinski definition) is 3. The molecule has 2 spiro atoms. The Bertz CT molecular complexity index is 487. The van der Waals surface area contributed by atoms with Gasteiger partial charge in [0.15, 0.2) is 0 Å². The summed E-state index contributed by atoms with van der Waals surface area (Å²) in [6.45, 7) is 19.4. The zero-order valence-electron chi connectivity index (χ0n) is 17.4. The first kappa shape index (κ1) is 18.3. The highest BCUT2D eigenvalue weighted by Crippen LogP contribution is 2.55. The molecule has 4 rings (SSSR count). The molecule has 1 aliphatic carbocycles. The van der Waals surface area contributed by atoms with Gasteiger partial charge in [-0.25, -0.2) is 0 Å². The topological polar surface area (TPSA) is 15.7 Å². The van der Waals surface area contributed by atoms with Crippen LogP contribution in [0.1, 0.15) is 73.1 Å². The van der Waals surface area contributed by atoms with Gasteiger partial charge in [-0.05, 0) is 104 Å². The largest absolute Gasteiger partial charge is 0.380 e. The Morgan fingerprint density at radius 1 is 0.840 bits per heavy atom. The smallest absolute Gasteiger partial charge is 0.0545 e. The van der Waals surface area contributed by atoms with Crippen molar-refractivity contribution in [2.24, 2.45) is 16.7 Å². The van der Waals surface area contributed by atoms with E-state index in [1.807, 2.05) is 0 Å². The minimum absolute atomic E-state index is 0.350. The molecule has 3 heterocycles. The zero-order valence-corrected chi connectivity index (χ0v) is 17.4. The molecular formula is C22H40N2O. The van der Waals surface area contributed by atoms with E-state index < -0.39 is 0 Å². The van der Waals surface area contributed by atoms with Crippen molar-refractivity contribution in [3.8, 4) is 0 Å². The monoisotopic (exact) mass is 348 g/mol. The highest BCUT2D eigenvalue weighted by molar-refractivity contribution is 5.04. The Morgan fingerprint density at radius 2 is 1.40 bits per heavy atom. The van der Waals surface area contributed by atoms with Crippen LogP contribution in [0.15, 0.2) is 0 Å². The van der Waals surface area contributed by atoms with Gasteiger partial charge in [-0.15, -0.1) is 0 Å². The van der Waals surface area contributed by atoms with Crippen LogP contribution in [0.25, 0.3) is 0 Å². The van der Waals surface area contributed by atoms with Crippen molar-refractivity contribution in [3.05, 3.63) is 0 Å². The van der Waals surface area contributed by atoms with Crippen molar-refractivity contribution in [2.45, 2.75) is 84.2 Å². The molecule has 3 aliphatic heterocycles. The van der Waals surface area contributed by atoms with Crippen LogP contribution >= 0.6 is 0 Å². The Labute approximate surface area is 155 Å². The first-order valence-corrected chi connectivity index (χ1v) is 10.7. The van der Waals surface area contributed by atoms with Crippen molar-refractivity contribution >= 4 is 0 Å². The Hall–Kier alpha value is -0.120. The number of rotatable bonds is 3. The second kappa shape index (κ2) is 5.94. The second-order valence-corrected chi connectivity index (χ2v) is 11.6. The van der Waals surface area contributed by atoms with Gasteiger partial charge in [-0.3, -0.25) is 9.80 Å². The van der Waals surface area contributed by atoms with E-state index in [1.165, 1.54) is 64.7 Å². The Balaban J connectivity index is 1.26. The fourth-order valence-corrected chi connectivity index (χ4v) is 6.25. The molecule has 3 saturated heterocycles. The van der Waals surface area contributed by atoms with Crippen molar-refractivity contribution in [1.29, 1.82) is 0 Å². The first-order valence-electron chi connectivity index (χ1n) is 10.7. The minimum atomic E-state index is 0.350. The summed E-state index contributed by atoms with van der Waals surface area (Å²) >= 11 is 0. The summed E-state index contributed by atoms with van der Waals surface area (Å²) in [5.74, 6) is 0.956. The third-order valence-corrected chi connectivity index (χ3v) is 8.12. The molecule has 0 N–H and O–H groups in total. The van der Waals surface area contributed by atoms with Gasteiger partial charge in [0.25, 0.3) is 0 Å². The molecule has 3 nitrogen and oxygen atoms in total.